The molecule has 0 fully saturated rings. The maximum Gasteiger partial charge on any atom is 0.311 e. The monoisotopic (exact) mass is 331 g/mol. The Hall–Kier alpha value is -3.49. The van der Waals surface area contributed by atoms with E-state index in [0.29, 0.717) is 5.56 Å². The highest BCUT2D eigenvalue weighted by molar-refractivity contribution is 5.83. The number of carboxylic acids is 1. The number of nitro benzene ring substituents is 2. The summed E-state index contributed by atoms with van der Waals surface area (Å²) in [5, 5.41) is 32.0. The van der Waals surface area contributed by atoms with Crippen LogP contribution >= 0.6 is 0 Å². The van der Waals surface area contributed by atoms with Crippen LogP contribution in [0.5, 0.6) is 0 Å². The molecule has 1 unspecified atom stereocenters. The number of rotatable bonds is 6. The molecule has 3 N–H and O–H groups in total. The van der Waals surface area contributed by atoms with Crippen LogP contribution in [0.3, 0.4) is 0 Å². The predicted molar refractivity (Wildman–Crippen MR) is 84.7 cm³/mol. The van der Waals surface area contributed by atoms with Crippen LogP contribution in [-0.2, 0) is 11.2 Å². The number of carboxylic acid groups (broad SMARTS) is 1. The van der Waals surface area contributed by atoms with Gasteiger partial charge in [-0.25, -0.2) is 0 Å². The molecule has 124 valence electrons. The molecule has 2 rings (SSSR count). The van der Waals surface area contributed by atoms with E-state index < -0.39 is 38.7 Å². The summed E-state index contributed by atoms with van der Waals surface area (Å²) in [5.74, 6) is -2.88. The van der Waals surface area contributed by atoms with E-state index in [-0.39, 0.29) is 12.1 Å². The lowest BCUT2D eigenvalue weighted by atomic mass is 9.89. The number of benzene rings is 2. The zero-order chi connectivity index (χ0) is 17.9. The Balaban J connectivity index is 2.68. The summed E-state index contributed by atoms with van der Waals surface area (Å²) in [6, 6.07) is 10.4. The molecular weight excluding hydrogens is 318 g/mol. The van der Waals surface area contributed by atoms with Gasteiger partial charge in [-0.05, 0) is 18.1 Å². The maximum atomic E-state index is 11.7. The molecule has 1 atom stereocenters. The second-order valence-electron chi connectivity index (χ2n) is 5.03. The van der Waals surface area contributed by atoms with E-state index in [4.69, 9.17) is 5.73 Å². The minimum atomic E-state index is -1.48. The quantitative estimate of drug-likeness (QED) is 0.469. The van der Waals surface area contributed by atoms with Crippen molar-refractivity contribution in [2.75, 3.05) is 5.73 Å². The van der Waals surface area contributed by atoms with Gasteiger partial charge in [-0.3, -0.25) is 25.0 Å². The first kappa shape index (κ1) is 16.9. The Morgan fingerprint density at radius 2 is 1.71 bits per heavy atom. The summed E-state index contributed by atoms with van der Waals surface area (Å²) in [7, 11) is 0. The number of carbonyl (C=O) groups is 1. The van der Waals surface area contributed by atoms with E-state index in [2.05, 4.69) is 0 Å². The van der Waals surface area contributed by atoms with Crippen LogP contribution in [0.4, 0.5) is 17.1 Å². The molecule has 0 spiro atoms. The molecular formula is C15H13N3O6. The fraction of sp³-hybridized carbons (Fsp3) is 0.133. The van der Waals surface area contributed by atoms with Gasteiger partial charge in [0.05, 0.1) is 15.8 Å². The van der Waals surface area contributed by atoms with Crippen molar-refractivity contribution in [2.45, 2.75) is 12.3 Å². The van der Waals surface area contributed by atoms with Crippen molar-refractivity contribution in [3.05, 3.63) is 73.8 Å². The standard InChI is InChI=1S/C15H13N3O6/c16-11-6-7-12(17(21)22)13(14(11)18(23)24)10(15(19)20)8-9-4-2-1-3-5-9/h1-7,10H,8,16H2,(H,19,20). The van der Waals surface area contributed by atoms with Crippen LogP contribution in [-0.4, -0.2) is 20.9 Å². The number of aliphatic carboxylic acids is 1. The van der Waals surface area contributed by atoms with E-state index >= 15 is 0 Å². The van der Waals surface area contributed by atoms with E-state index in [1.165, 1.54) is 0 Å². The van der Waals surface area contributed by atoms with Crippen molar-refractivity contribution in [1.82, 2.24) is 0 Å². The molecule has 0 aliphatic carbocycles. The molecule has 0 saturated carbocycles. The van der Waals surface area contributed by atoms with Crippen LogP contribution in [0.25, 0.3) is 0 Å². The van der Waals surface area contributed by atoms with Crippen LogP contribution in [0, 0.1) is 20.2 Å². The van der Waals surface area contributed by atoms with E-state index in [1.54, 1.807) is 30.3 Å². The first-order chi connectivity index (χ1) is 11.3. The highest BCUT2D eigenvalue weighted by Gasteiger charge is 2.37. The number of nitrogen functional groups attached to an aromatic ring is 1. The summed E-state index contributed by atoms with van der Waals surface area (Å²) in [4.78, 5) is 32.5. The summed E-state index contributed by atoms with van der Waals surface area (Å²) in [6.07, 6.45) is -0.138. The van der Waals surface area contributed by atoms with E-state index in [9.17, 15) is 30.1 Å². The lowest BCUT2D eigenvalue weighted by Gasteiger charge is -2.14. The van der Waals surface area contributed by atoms with Gasteiger partial charge in [-0.15, -0.1) is 0 Å². The first-order valence-corrected chi connectivity index (χ1v) is 6.80. The normalized spacial score (nSPS) is 11.7. The number of anilines is 1. The van der Waals surface area contributed by atoms with Crippen LogP contribution in [0.15, 0.2) is 42.5 Å². The maximum absolute atomic E-state index is 11.7. The molecule has 2 aromatic carbocycles. The molecule has 9 heteroatoms. The molecule has 0 saturated heterocycles. The average Bonchev–Trinajstić information content (AvgIpc) is 2.52. The van der Waals surface area contributed by atoms with Crippen molar-refractivity contribution in [3.8, 4) is 0 Å². The number of nitro groups is 2. The fourth-order valence-corrected chi connectivity index (χ4v) is 2.48. The van der Waals surface area contributed by atoms with Crippen molar-refractivity contribution < 1.29 is 19.7 Å². The lowest BCUT2D eigenvalue weighted by molar-refractivity contribution is -0.395. The van der Waals surface area contributed by atoms with Crippen molar-refractivity contribution in [1.29, 1.82) is 0 Å². The average molecular weight is 331 g/mol. The molecule has 0 heterocycles. The Kier molecular flexibility index (Phi) is 4.73. The fourth-order valence-electron chi connectivity index (χ4n) is 2.48. The van der Waals surface area contributed by atoms with Crippen molar-refractivity contribution in [3.63, 3.8) is 0 Å². The molecule has 24 heavy (non-hydrogen) atoms. The third-order valence-electron chi connectivity index (χ3n) is 3.53. The molecule has 0 bridgehead atoms. The predicted octanol–water partition coefficient (Wildman–Crippen LogP) is 2.50. The third kappa shape index (κ3) is 3.29. The molecule has 2 aromatic rings. The van der Waals surface area contributed by atoms with Gasteiger partial charge in [0.1, 0.15) is 11.3 Å². The van der Waals surface area contributed by atoms with Crippen LogP contribution in [0.1, 0.15) is 17.0 Å². The van der Waals surface area contributed by atoms with Crippen molar-refractivity contribution in [2.24, 2.45) is 0 Å². The molecule has 0 aliphatic heterocycles. The summed E-state index contributed by atoms with van der Waals surface area (Å²) >= 11 is 0. The van der Waals surface area contributed by atoms with Crippen molar-refractivity contribution >= 4 is 23.0 Å². The van der Waals surface area contributed by atoms with Crippen LogP contribution < -0.4 is 5.73 Å². The Morgan fingerprint density at radius 1 is 1.08 bits per heavy atom. The van der Waals surface area contributed by atoms with Crippen LogP contribution in [0.2, 0.25) is 0 Å². The Morgan fingerprint density at radius 3 is 2.21 bits per heavy atom. The van der Waals surface area contributed by atoms with Gasteiger partial charge < -0.3 is 10.8 Å². The minimum absolute atomic E-state index is 0.138. The molecule has 0 radical (unpaired) electrons. The number of nitrogens with two attached hydrogens (primary N) is 1. The molecule has 9 nitrogen and oxygen atoms in total. The SMILES string of the molecule is Nc1ccc([N+](=O)[O-])c(C(Cc2ccccc2)C(=O)O)c1[N+](=O)[O-]. The smallest absolute Gasteiger partial charge is 0.311 e. The number of hydrogen-bond donors (Lipinski definition) is 2. The molecule has 0 aromatic heterocycles. The summed E-state index contributed by atoms with van der Waals surface area (Å²) in [6.45, 7) is 0. The second kappa shape index (κ2) is 6.73. The number of nitrogens with zero attached hydrogens (tertiary/aromatic N) is 2. The molecule has 0 aliphatic rings. The van der Waals surface area contributed by atoms with Gasteiger partial charge in [0.25, 0.3) is 5.69 Å². The lowest BCUT2D eigenvalue weighted by Crippen LogP contribution is -2.18. The molecule has 0 amide bonds. The van der Waals surface area contributed by atoms with Gasteiger partial charge in [-0.1, -0.05) is 30.3 Å². The van der Waals surface area contributed by atoms with Gasteiger partial charge >= 0.3 is 11.7 Å². The highest BCUT2D eigenvalue weighted by Crippen LogP contribution is 2.40. The summed E-state index contributed by atoms with van der Waals surface area (Å²) in [5.41, 5.74) is 3.94. The number of hydrogen-bond acceptors (Lipinski definition) is 6. The largest absolute Gasteiger partial charge is 0.481 e. The third-order valence-corrected chi connectivity index (χ3v) is 3.53. The van der Waals surface area contributed by atoms with E-state index in [0.717, 1.165) is 12.1 Å². The first-order valence-electron chi connectivity index (χ1n) is 6.80. The second-order valence-corrected chi connectivity index (χ2v) is 5.03. The topological polar surface area (TPSA) is 150 Å². The zero-order valence-electron chi connectivity index (χ0n) is 12.3. The van der Waals surface area contributed by atoms with Gasteiger partial charge in [-0.2, -0.15) is 0 Å². The Bertz CT molecular complexity index is 806. The highest BCUT2D eigenvalue weighted by atomic mass is 16.6. The van der Waals surface area contributed by atoms with Gasteiger partial charge in [0, 0.05) is 6.07 Å². The van der Waals surface area contributed by atoms with Gasteiger partial charge in [0.15, 0.2) is 0 Å². The van der Waals surface area contributed by atoms with E-state index in [1.807, 2.05) is 0 Å². The minimum Gasteiger partial charge on any atom is -0.481 e. The van der Waals surface area contributed by atoms with Gasteiger partial charge in [0.2, 0.25) is 0 Å². The zero-order valence-corrected chi connectivity index (χ0v) is 12.3. The summed E-state index contributed by atoms with van der Waals surface area (Å²) < 4.78 is 0. The Labute approximate surface area is 135 Å².